The van der Waals surface area contributed by atoms with Gasteiger partial charge in [-0.25, -0.2) is 9.78 Å². The fourth-order valence-corrected chi connectivity index (χ4v) is 4.29. The Balaban J connectivity index is 1.26. The second-order valence-corrected chi connectivity index (χ2v) is 8.33. The van der Waals surface area contributed by atoms with Gasteiger partial charge in [-0.3, -0.25) is 10.1 Å². The van der Waals surface area contributed by atoms with Crippen molar-refractivity contribution in [3.8, 4) is 0 Å². The number of amides is 2. The van der Waals surface area contributed by atoms with Gasteiger partial charge in [-0.05, 0) is 42.7 Å². The number of non-ortho nitro benzene ring substituents is 1. The highest BCUT2D eigenvalue weighted by Gasteiger charge is 2.21. The molecule has 0 radical (unpaired) electrons. The molecule has 1 N–H and O–H groups in total. The van der Waals surface area contributed by atoms with Crippen molar-refractivity contribution in [2.45, 2.75) is 32.2 Å². The summed E-state index contributed by atoms with van der Waals surface area (Å²) in [7, 11) is 0. The lowest BCUT2D eigenvalue weighted by molar-refractivity contribution is -0.384. The minimum Gasteiger partial charge on any atom is -0.368 e. The number of nitro groups is 1. The molecule has 0 aliphatic carbocycles. The average molecular weight is 439 g/mol. The van der Waals surface area contributed by atoms with Gasteiger partial charge in [0.2, 0.25) is 0 Å². The smallest absolute Gasteiger partial charge is 0.317 e. The van der Waals surface area contributed by atoms with Crippen LogP contribution in [0.15, 0.2) is 42.6 Å². The molecule has 32 heavy (non-hydrogen) atoms. The van der Waals surface area contributed by atoms with E-state index in [9.17, 15) is 14.9 Å². The Bertz CT molecular complexity index is 920. The van der Waals surface area contributed by atoms with Crippen LogP contribution in [0.4, 0.5) is 22.0 Å². The van der Waals surface area contributed by atoms with Crippen LogP contribution in [0.3, 0.4) is 0 Å². The summed E-state index contributed by atoms with van der Waals surface area (Å²) in [5, 5.41) is 13.9. The number of pyridine rings is 1. The number of hydrogen-bond acceptors (Lipinski definition) is 6. The molecule has 9 heteroatoms. The van der Waals surface area contributed by atoms with E-state index in [1.165, 1.54) is 37.8 Å². The van der Waals surface area contributed by atoms with E-state index in [1.54, 1.807) is 12.1 Å². The summed E-state index contributed by atoms with van der Waals surface area (Å²) in [4.78, 5) is 33.9. The zero-order valence-electron chi connectivity index (χ0n) is 18.3. The summed E-state index contributed by atoms with van der Waals surface area (Å²) in [6.07, 6.45) is 6.79. The van der Waals surface area contributed by atoms with Crippen molar-refractivity contribution in [2.24, 2.45) is 0 Å². The minimum absolute atomic E-state index is 0.0681. The standard InChI is InChI=1S/C23H30N6O3/c30-23(25-18-19-9-10-24-22(17-19)27-11-3-1-2-4-12-27)28-15-13-26(14-16-28)20-5-7-21(8-6-20)29(31)32/h5-10,17H,1-4,11-16,18H2,(H,25,30). The Hall–Kier alpha value is -3.36. The van der Waals surface area contributed by atoms with E-state index in [0.29, 0.717) is 32.7 Å². The third-order valence-corrected chi connectivity index (χ3v) is 6.18. The predicted molar refractivity (Wildman–Crippen MR) is 124 cm³/mol. The molecule has 3 heterocycles. The number of nitrogens with zero attached hydrogens (tertiary/aromatic N) is 5. The lowest BCUT2D eigenvalue weighted by atomic mass is 10.2. The highest BCUT2D eigenvalue weighted by atomic mass is 16.6. The molecule has 9 nitrogen and oxygen atoms in total. The molecule has 1 aromatic heterocycles. The second-order valence-electron chi connectivity index (χ2n) is 8.33. The van der Waals surface area contributed by atoms with Gasteiger partial charge in [0.15, 0.2) is 0 Å². The number of urea groups is 1. The maximum Gasteiger partial charge on any atom is 0.317 e. The number of aromatic nitrogens is 1. The number of hydrogen-bond donors (Lipinski definition) is 1. The molecule has 2 aromatic rings. The maximum atomic E-state index is 12.7. The normalized spacial score (nSPS) is 17.1. The molecule has 0 saturated carbocycles. The number of anilines is 2. The Morgan fingerprint density at radius 2 is 1.62 bits per heavy atom. The Morgan fingerprint density at radius 3 is 2.28 bits per heavy atom. The lowest BCUT2D eigenvalue weighted by Gasteiger charge is -2.36. The monoisotopic (exact) mass is 438 g/mol. The summed E-state index contributed by atoms with van der Waals surface area (Å²) in [5.74, 6) is 0.996. The molecule has 2 aliphatic heterocycles. The van der Waals surface area contributed by atoms with Crippen LogP contribution in [-0.2, 0) is 6.54 Å². The lowest BCUT2D eigenvalue weighted by Crippen LogP contribution is -2.51. The number of carbonyl (C=O) groups is 1. The van der Waals surface area contributed by atoms with Gasteiger partial charge >= 0.3 is 6.03 Å². The first kappa shape index (κ1) is 21.9. The van der Waals surface area contributed by atoms with Gasteiger partial charge < -0.3 is 20.0 Å². The van der Waals surface area contributed by atoms with E-state index in [0.717, 1.165) is 30.2 Å². The van der Waals surface area contributed by atoms with Crippen molar-refractivity contribution < 1.29 is 9.72 Å². The number of nitrogens with one attached hydrogen (secondary N) is 1. The molecule has 0 atom stereocenters. The van der Waals surface area contributed by atoms with Crippen molar-refractivity contribution >= 4 is 23.2 Å². The van der Waals surface area contributed by atoms with E-state index < -0.39 is 4.92 Å². The molecule has 2 fully saturated rings. The highest BCUT2D eigenvalue weighted by molar-refractivity contribution is 5.74. The first-order valence-corrected chi connectivity index (χ1v) is 11.3. The van der Waals surface area contributed by atoms with E-state index >= 15 is 0 Å². The third-order valence-electron chi connectivity index (χ3n) is 6.18. The van der Waals surface area contributed by atoms with Crippen molar-refractivity contribution in [3.05, 3.63) is 58.3 Å². The first-order valence-electron chi connectivity index (χ1n) is 11.3. The fourth-order valence-electron chi connectivity index (χ4n) is 4.29. The second kappa shape index (κ2) is 10.3. The van der Waals surface area contributed by atoms with E-state index in [1.807, 2.05) is 17.2 Å². The zero-order valence-corrected chi connectivity index (χ0v) is 18.3. The van der Waals surface area contributed by atoms with Crippen LogP contribution in [-0.4, -0.2) is 60.1 Å². The van der Waals surface area contributed by atoms with Gasteiger partial charge in [0.25, 0.3) is 5.69 Å². The van der Waals surface area contributed by atoms with Crippen molar-refractivity contribution in [2.75, 3.05) is 49.1 Å². The van der Waals surface area contributed by atoms with Crippen molar-refractivity contribution in [3.63, 3.8) is 0 Å². The summed E-state index contributed by atoms with van der Waals surface area (Å²) >= 11 is 0. The zero-order chi connectivity index (χ0) is 22.3. The van der Waals surface area contributed by atoms with Gasteiger partial charge in [-0.15, -0.1) is 0 Å². The highest BCUT2D eigenvalue weighted by Crippen LogP contribution is 2.21. The predicted octanol–water partition coefficient (Wildman–Crippen LogP) is 3.40. The molecule has 2 amide bonds. The van der Waals surface area contributed by atoms with E-state index in [4.69, 9.17) is 0 Å². The molecule has 0 bridgehead atoms. The van der Waals surface area contributed by atoms with Crippen LogP contribution < -0.4 is 15.1 Å². The molecule has 0 unspecified atom stereocenters. The fraction of sp³-hybridized carbons (Fsp3) is 0.478. The SMILES string of the molecule is O=C(NCc1ccnc(N2CCCCCC2)c1)N1CCN(c2ccc([N+](=O)[O-])cc2)CC1. The largest absolute Gasteiger partial charge is 0.368 e. The topological polar surface area (TPSA) is 94.9 Å². The van der Waals surface area contributed by atoms with E-state index in [-0.39, 0.29) is 11.7 Å². The number of nitro benzene ring substituents is 1. The summed E-state index contributed by atoms with van der Waals surface area (Å²) in [5.41, 5.74) is 2.08. The van der Waals surface area contributed by atoms with Gasteiger partial charge in [-0.1, -0.05) is 12.8 Å². The molecule has 2 saturated heterocycles. The Kier molecular flexibility index (Phi) is 7.03. The molecule has 4 rings (SSSR count). The average Bonchev–Trinajstić information content (AvgIpc) is 3.13. The number of piperazine rings is 1. The van der Waals surface area contributed by atoms with Gasteiger partial charge in [0, 0.05) is 69.8 Å². The van der Waals surface area contributed by atoms with Crippen LogP contribution in [0.5, 0.6) is 0 Å². The molecular formula is C23H30N6O3. The van der Waals surface area contributed by atoms with Gasteiger partial charge in [-0.2, -0.15) is 0 Å². The van der Waals surface area contributed by atoms with Gasteiger partial charge in [0.05, 0.1) is 4.92 Å². The molecular weight excluding hydrogens is 408 g/mol. The van der Waals surface area contributed by atoms with Crippen LogP contribution in [0.2, 0.25) is 0 Å². The number of benzene rings is 1. The molecule has 1 aromatic carbocycles. The molecule has 0 spiro atoms. The summed E-state index contributed by atoms with van der Waals surface area (Å²) < 4.78 is 0. The van der Waals surface area contributed by atoms with Crippen LogP contribution in [0.1, 0.15) is 31.2 Å². The molecule has 2 aliphatic rings. The first-order chi connectivity index (χ1) is 15.6. The quantitative estimate of drug-likeness (QED) is 0.568. The van der Waals surface area contributed by atoms with Crippen LogP contribution >= 0.6 is 0 Å². The number of rotatable bonds is 5. The summed E-state index contributed by atoms with van der Waals surface area (Å²) in [6, 6.07) is 10.5. The number of carbonyl (C=O) groups excluding carboxylic acids is 1. The third kappa shape index (κ3) is 5.46. The van der Waals surface area contributed by atoms with Crippen LogP contribution in [0.25, 0.3) is 0 Å². The van der Waals surface area contributed by atoms with E-state index in [2.05, 4.69) is 26.2 Å². The maximum absolute atomic E-state index is 12.7. The minimum atomic E-state index is -0.397. The van der Waals surface area contributed by atoms with Crippen molar-refractivity contribution in [1.82, 2.24) is 15.2 Å². The van der Waals surface area contributed by atoms with Gasteiger partial charge in [0.1, 0.15) is 5.82 Å². The Labute approximate surface area is 188 Å². The Morgan fingerprint density at radius 1 is 0.938 bits per heavy atom. The molecule has 170 valence electrons. The summed E-state index contributed by atoms with van der Waals surface area (Å²) in [6.45, 7) is 5.17. The van der Waals surface area contributed by atoms with Crippen LogP contribution in [0, 0.1) is 10.1 Å². The van der Waals surface area contributed by atoms with Crippen molar-refractivity contribution in [1.29, 1.82) is 0 Å².